The molecule has 1 atom stereocenters. The maximum absolute atomic E-state index is 12.1. The van der Waals surface area contributed by atoms with Crippen LogP contribution in [0, 0.1) is 0 Å². The molecular formula is C15H19NO2S2. The minimum Gasteiger partial charge on any atom is -0.376 e. The normalized spacial score (nSPS) is 13.1. The number of benzene rings is 1. The lowest BCUT2D eigenvalue weighted by molar-refractivity contribution is 0.597. The molecular weight excluding hydrogens is 290 g/mol. The molecule has 2 rings (SSSR count). The van der Waals surface area contributed by atoms with Crippen LogP contribution in [-0.2, 0) is 9.84 Å². The molecule has 1 N–H and O–H groups in total. The summed E-state index contributed by atoms with van der Waals surface area (Å²) in [4.78, 5) is 1.61. The average molecular weight is 309 g/mol. The highest BCUT2D eigenvalue weighted by atomic mass is 32.2. The second-order valence-corrected chi connectivity index (χ2v) is 7.75. The maximum Gasteiger partial charge on any atom is 0.180 e. The summed E-state index contributed by atoms with van der Waals surface area (Å²) in [6.45, 7) is 3.76. The fourth-order valence-corrected chi connectivity index (χ4v) is 3.98. The topological polar surface area (TPSA) is 46.2 Å². The van der Waals surface area contributed by atoms with Crippen LogP contribution in [0.25, 0.3) is 0 Å². The number of anilines is 1. The van der Waals surface area contributed by atoms with Gasteiger partial charge in [-0.3, -0.25) is 0 Å². The lowest BCUT2D eigenvalue weighted by atomic mass is 10.1. The second-order valence-electron chi connectivity index (χ2n) is 4.52. The van der Waals surface area contributed by atoms with Gasteiger partial charge < -0.3 is 5.32 Å². The van der Waals surface area contributed by atoms with Gasteiger partial charge in [-0.2, -0.15) is 0 Å². The maximum atomic E-state index is 12.1. The molecule has 0 fully saturated rings. The molecule has 20 heavy (non-hydrogen) atoms. The molecule has 1 unspecified atom stereocenters. The summed E-state index contributed by atoms with van der Waals surface area (Å²) >= 11 is 1.68. The Kier molecular flexibility index (Phi) is 4.83. The van der Waals surface area contributed by atoms with Gasteiger partial charge in [0.05, 0.1) is 22.4 Å². The molecule has 108 valence electrons. The van der Waals surface area contributed by atoms with Crippen LogP contribution in [0.5, 0.6) is 0 Å². The highest BCUT2D eigenvalue weighted by Crippen LogP contribution is 2.30. The summed E-state index contributed by atoms with van der Waals surface area (Å²) in [5, 5.41) is 5.41. The van der Waals surface area contributed by atoms with Crippen molar-refractivity contribution in [2.45, 2.75) is 31.2 Å². The first-order valence-electron chi connectivity index (χ1n) is 6.70. The average Bonchev–Trinajstić information content (AvgIpc) is 2.99. The molecule has 1 aromatic carbocycles. The van der Waals surface area contributed by atoms with E-state index in [1.54, 1.807) is 30.4 Å². The lowest BCUT2D eigenvalue weighted by Crippen LogP contribution is -2.13. The molecule has 5 heteroatoms. The SMILES string of the molecule is CCC(Nc1ccccc1S(=O)(=O)CC)c1cccs1. The number of rotatable bonds is 6. The Bertz CT molecular complexity index is 648. The van der Waals surface area contributed by atoms with Crippen molar-refractivity contribution in [3.63, 3.8) is 0 Å². The molecule has 0 bridgehead atoms. The summed E-state index contributed by atoms with van der Waals surface area (Å²) in [6, 6.07) is 11.4. The van der Waals surface area contributed by atoms with Crippen LogP contribution in [0.1, 0.15) is 31.2 Å². The molecule has 1 heterocycles. The molecule has 3 nitrogen and oxygen atoms in total. The number of sulfone groups is 1. The first-order valence-corrected chi connectivity index (χ1v) is 9.23. The zero-order valence-electron chi connectivity index (χ0n) is 11.7. The third kappa shape index (κ3) is 3.22. The minimum absolute atomic E-state index is 0.113. The number of hydrogen-bond donors (Lipinski definition) is 1. The van der Waals surface area contributed by atoms with E-state index in [9.17, 15) is 8.42 Å². The van der Waals surface area contributed by atoms with E-state index in [4.69, 9.17) is 0 Å². The van der Waals surface area contributed by atoms with E-state index < -0.39 is 9.84 Å². The van der Waals surface area contributed by atoms with Crippen molar-refractivity contribution in [2.24, 2.45) is 0 Å². The Labute approximate surface area is 124 Å². The van der Waals surface area contributed by atoms with Gasteiger partial charge in [-0.25, -0.2) is 8.42 Å². The first-order chi connectivity index (χ1) is 9.58. The molecule has 2 aromatic rings. The number of nitrogens with one attached hydrogen (secondary N) is 1. The number of thiophene rings is 1. The van der Waals surface area contributed by atoms with E-state index in [0.29, 0.717) is 10.6 Å². The minimum atomic E-state index is -3.21. The van der Waals surface area contributed by atoms with E-state index >= 15 is 0 Å². The van der Waals surface area contributed by atoms with Gasteiger partial charge in [-0.15, -0.1) is 11.3 Å². The van der Waals surface area contributed by atoms with Crippen LogP contribution in [0.2, 0.25) is 0 Å². The Morgan fingerprint density at radius 3 is 2.50 bits per heavy atom. The van der Waals surface area contributed by atoms with Crippen molar-refractivity contribution >= 4 is 26.9 Å². The monoisotopic (exact) mass is 309 g/mol. The van der Waals surface area contributed by atoms with Gasteiger partial charge in [0.2, 0.25) is 0 Å². The molecule has 0 spiro atoms. The van der Waals surface area contributed by atoms with Gasteiger partial charge in [0, 0.05) is 4.88 Å². The Morgan fingerprint density at radius 2 is 1.90 bits per heavy atom. The van der Waals surface area contributed by atoms with Crippen molar-refractivity contribution in [1.82, 2.24) is 0 Å². The quantitative estimate of drug-likeness (QED) is 0.873. The van der Waals surface area contributed by atoms with E-state index in [1.807, 2.05) is 23.6 Å². The van der Waals surface area contributed by atoms with Gasteiger partial charge in [0.15, 0.2) is 9.84 Å². The predicted octanol–water partition coefficient (Wildman–Crippen LogP) is 4.10. The highest BCUT2D eigenvalue weighted by Gasteiger charge is 2.18. The Balaban J connectivity index is 2.34. The summed E-state index contributed by atoms with van der Waals surface area (Å²) in [6.07, 6.45) is 0.904. The third-order valence-corrected chi connectivity index (χ3v) is 6.00. The van der Waals surface area contributed by atoms with Crippen molar-refractivity contribution in [3.8, 4) is 0 Å². The molecule has 0 aliphatic heterocycles. The van der Waals surface area contributed by atoms with Crippen molar-refractivity contribution in [1.29, 1.82) is 0 Å². The molecule has 0 amide bonds. The molecule has 0 aliphatic rings. The van der Waals surface area contributed by atoms with Gasteiger partial charge >= 0.3 is 0 Å². The van der Waals surface area contributed by atoms with Gasteiger partial charge in [-0.1, -0.05) is 32.0 Å². The zero-order valence-corrected chi connectivity index (χ0v) is 13.3. The van der Waals surface area contributed by atoms with E-state index in [0.717, 1.165) is 6.42 Å². The fourth-order valence-electron chi connectivity index (χ4n) is 2.06. The van der Waals surface area contributed by atoms with E-state index in [1.165, 1.54) is 4.88 Å². The second kappa shape index (κ2) is 6.41. The summed E-state index contributed by atoms with van der Waals surface area (Å²) in [5.41, 5.74) is 0.689. The zero-order chi connectivity index (χ0) is 14.6. The van der Waals surface area contributed by atoms with Crippen molar-refractivity contribution in [3.05, 3.63) is 46.7 Å². The first kappa shape index (κ1) is 15.1. The van der Waals surface area contributed by atoms with E-state index in [-0.39, 0.29) is 11.8 Å². The van der Waals surface area contributed by atoms with Crippen LogP contribution < -0.4 is 5.32 Å². The summed E-state index contributed by atoms with van der Waals surface area (Å²) < 4.78 is 24.3. The van der Waals surface area contributed by atoms with E-state index in [2.05, 4.69) is 18.3 Å². The van der Waals surface area contributed by atoms with Gasteiger partial charge in [0.1, 0.15) is 0 Å². The lowest BCUT2D eigenvalue weighted by Gasteiger charge is -2.19. The molecule has 1 aromatic heterocycles. The highest BCUT2D eigenvalue weighted by molar-refractivity contribution is 7.91. The van der Waals surface area contributed by atoms with Crippen molar-refractivity contribution in [2.75, 3.05) is 11.1 Å². The van der Waals surface area contributed by atoms with Gasteiger partial charge in [-0.05, 0) is 30.0 Å². The largest absolute Gasteiger partial charge is 0.376 e. The predicted molar refractivity (Wildman–Crippen MR) is 85.1 cm³/mol. The number of hydrogen-bond acceptors (Lipinski definition) is 4. The molecule has 0 saturated heterocycles. The third-order valence-electron chi connectivity index (χ3n) is 3.23. The Hall–Kier alpha value is -1.33. The number of para-hydroxylation sites is 1. The molecule has 0 saturated carbocycles. The Morgan fingerprint density at radius 1 is 1.15 bits per heavy atom. The fraction of sp³-hybridized carbons (Fsp3) is 0.333. The smallest absolute Gasteiger partial charge is 0.180 e. The van der Waals surface area contributed by atoms with Crippen LogP contribution >= 0.6 is 11.3 Å². The van der Waals surface area contributed by atoms with Crippen LogP contribution in [0.4, 0.5) is 5.69 Å². The standard InChI is InChI=1S/C15H19NO2S2/c1-3-12(14-9-7-11-19-14)16-13-8-5-6-10-15(13)20(17,18)4-2/h5-12,16H,3-4H2,1-2H3. The van der Waals surface area contributed by atoms with Gasteiger partial charge in [0.25, 0.3) is 0 Å². The van der Waals surface area contributed by atoms with Crippen LogP contribution in [0.15, 0.2) is 46.7 Å². The molecule has 0 radical (unpaired) electrons. The summed E-state index contributed by atoms with van der Waals surface area (Å²) in [5.74, 6) is 0.113. The summed E-state index contributed by atoms with van der Waals surface area (Å²) in [7, 11) is -3.21. The van der Waals surface area contributed by atoms with Crippen LogP contribution in [-0.4, -0.2) is 14.2 Å². The molecule has 0 aliphatic carbocycles. The van der Waals surface area contributed by atoms with Crippen LogP contribution in [0.3, 0.4) is 0 Å². The van der Waals surface area contributed by atoms with Crippen molar-refractivity contribution < 1.29 is 8.42 Å².